The molecule has 1 saturated carbocycles. The van der Waals surface area contributed by atoms with Crippen molar-refractivity contribution in [2.24, 2.45) is 11.8 Å². The fourth-order valence-corrected chi connectivity index (χ4v) is 7.97. The molecule has 1 saturated heterocycles. The summed E-state index contributed by atoms with van der Waals surface area (Å²) in [7, 11) is 0. The molecule has 1 aromatic carbocycles. The van der Waals surface area contributed by atoms with Crippen LogP contribution in [0.4, 0.5) is 4.39 Å². The summed E-state index contributed by atoms with van der Waals surface area (Å²) in [5.41, 5.74) is 3.08. The Morgan fingerprint density at radius 1 is 1.23 bits per heavy atom. The lowest BCUT2D eigenvalue weighted by molar-refractivity contribution is -0.0568. The number of nitrogens with zero attached hydrogens (tertiary/aromatic N) is 8. The number of aryl methyl sites for hydroxylation is 1. The first-order chi connectivity index (χ1) is 21.3. The van der Waals surface area contributed by atoms with Gasteiger partial charge in [-0.25, -0.2) is 30.6 Å². The maximum absolute atomic E-state index is 15.7. The van der Waals surface area contributed by atoms with Crippen LogP contribution in [0.15, 0.2) is 30.9 Å². The van der Waals surface area contributed by atoms with Gasteiger partial charge in [0.2, 0.25) is 6.54 Å². The highest BCUT2D eigenvalue weighted by atomic mass is 35.5. The van der Waals surface area contributed by atoms with Crippen molar-refractivity contribution in [2.75, 3.05) is 33.0 Å². The summed E-state index contributed by atoms with van der Waals surface area (Å²) in [6, 6.07) is 5.33. The molecule has 1 unspecified atom stereocenters. The van der Waals surface area contributed by atoms with Crippen LogP contribution < -0.4 is 0 Å². The summed E-state index contributed by atoms with van der Waals surface area (Å²) < 4.78 is 42.9. The lowest BCUT2D eigenvalue weighted by Gasteiger charge is -2.44. The molecule has 0 amide bonds. The number of hydrogen-bond acceptors (Lipinski definition) is 12. The number of ether oxygens (including phenoxy) is 1. The monoisotopic (exact) mass is 666 g/mol. The second kappa shape index (κ2) is 13.0. The highest BCUT2D eigenvalue weighted by molar-refractivity contribution is 8.07. The van der Waals surface area contributed by atoms with Gasteiger partial charge >= 0.3 is 6.72 Å². The average Bonchev–Trinajstić information content (AvgIpc) is 3.70. The van der Waals surface area contributed by atoms with Crippen molar-refractivity contribution < 1.29 is 32.9 Å². The molecular formula is C26H29ClFN8O6PS. The molecule has 3 aromatic heterocycles. The van der Waals surface area contributed by atoms with Crippen LogP contribution in [0.2, 0.25) is 5.15 Å². The van der Waals surface area contributed by atoms with E-state index in [9.17, 15) is 10.2 Å². The van der Waals surface area contributed by atoms with Crippen molar-refractivity contribution in [3.05, 3.63) is 53.0 Å². The predicted molar refractivity (Wildman–Crippen MR) is 159 cm³/mol. The van der Waals surface area contributed by atoms with Crippen LogP contribution in [-0.2, 0) is 30.1 Å². The van der Waals surface area contributed by atoms with Crippen molar-refractivity contribution in [1.29, 1.82) is 0 Å². The molecule has 18 heteroatoms. The van der Waals surface area contributed by atoms with Gasteiger partial charge in [0.15, 0.2) is 23.2 Å². The minimum atomic E-state index is -3.69. The molecule has 4 heterocycles. The largest absolute Gasteiger partial charge is 0.396 e. The lowest BCUT2D eigenvalue weighted by atomic mass is 9.70. The van der Waals surface area contributed by atoms with E-state index in [0.717, 1.165) is 5.56 Å². The maximum atomic E-state index is 15.7. The second-order valence-corrected chi connectivity index (χ2v) is 13.9. The van der Waals surface area contributed by atoms with E-state index in [2.05, 4.69) is 30.1 Å². The van der Waals surface area contributed by atoms with Crippen molar-refractivity contribution >= 4 is 52.3 Å². The first-order valence-corrected chi connectivity index (χ1v) is 16.8. The number of alkyl halides is 1. The standard InChI is InChI=1S/C26H29ClFN8O6PS/c1-14-4-3-5-17-21(14)33-34-36(17)26-23(20(28)19(10-38)41-26)42-43(44,39-7-6-29-2)40-11-15-8-18(16(15)9-37)35-13-32-22-24(27)30-12-31-25(22)35/h3-5,12-13,15-16,18-20,23,26,37-38H,6-11H2,1H3/t15-,16-,18-,19-,20-,23-,26-,43?/m1/s1. The Morgan fingerprint density at radius 2 is 2.07 bits per heavy atom. The summed E-state index contributed by atoms with van der Waals surface area (Å²) in [6.45, 7) is 4.49. The normalized spacial score (nSPS) is 28.2. The second-order valence-electron chi connectivity index (χ2n) is 10.6. The van der Waals surface area contributed by atoms with Crippen LogP contribution in [0.1, 0.15) is 24.3 Å². The molecule has 8 atom stereocenters. The molecular weight excluding hydrogens is 638 g/mol. The SMILES string of the molecule is [C-]#[N+]CCOP(=S)(OC[C@H]1C[C@@H](n2cnc3c(Cl)ncnc32)[C@@H]1CO)O[C@@H]1[C@H](F)[C@@H](CO)O[C@H]1n1nnc2c(C)cccc21. The third-order valence-corrected chi connectivity index (χ3v) is 10.7. The first-order valence-electron chi connectivity index (χ1n) is 13.8. The smallest absolute Gasteiger partial charge is 0.327 e. The van der Waals surface area contributed by atoms with Gasteiger partial charge in [-0.2, -0.15) is 0 Å². The summed E-state index contributed by atoms with van der Waals surface area (Å²) in [5.74, 6) is -0.396. The molecule has 1 aliphatic heterocycles. The van der Waals surface area contributed by atoms with E-state index in [4.69, 9.17) is 48.3 Å². The van der Waals surface area contributed by atoms with Gasteiger partial charge in [0.1, 0.15) is 36.2 Å². The van der Waals surface area contributed by atoms with Gasteiger partial charge in [0.25, 0.3) is 0 Å². The van der Waals surface area contributed by atoms with Gasteiger partial charge in [0.05, 0.1) is 25.1 Å². The molecule has 14 nitrogen and oxygen atoms in total. The van der Waals surface area contributed by atoms with E-state index in [-0.39, 0.29) is 49.4 Å². The fourth-order valence-electron chi connectivity index (χ4n) is 5.70. The topological polar surface area (TPSA) is 156 Å². The number of benzene rings is 1. The van der Waals surface area contributed by atoms with Crippen molar-refractivity contribution in [1.82, 2.24) is 34.5 Å². The molecule has 4 aromatic rings. The molecule has 6 rings (SSSR count). The van der Waals surface area contributed by atoms with E-state index >= 15 is 4.39 Å². The lowest BCUT2D eigenvalue weighted by Crippen LogP contribution is -2.43. The zero-order valence-electron chi connectivity index (χ0n) is 23.4. The average molecular weight is 667 g/mol. The summed E-state index contributed by atoms with van der Waals surface area (Å²) in [6.07, 6.45) is -1.95. The van der Waals surface area contributed by atoms with Gasteiger partial charge < -0.3 is 33.4 Å². The number of halogens is 2. The summed E-state index contributed by atoms with van der Waals surface area (Å²) >= 11 is 11.9. The Bertz CT molecular complexity index is 1740. The summed E-state index contributed by atoms with van der Waals surface area (Å²) in [4.78, 5) is 15.9. The van der Waals surface area contributed by atoms with E-state index < -0.39 is 37.9 Å². The van der Waals surface area contributed by atoms with Crippen molar-refractivity contribution in [3.8, 4) is 0 Å². The van der Waals surface area contributed by atoms with Crippen LogP contribution in [0, 0.1) is 25.3 Å². The highest BCUT2D eigenvalue weighted by Gasteiger charge is 2.51. The number of imidazole rings is 1. The van der Waals surface area contributed by atoms with Crippen LogP contribution >= 0.6 is 18.3 Å². The molecule has 234 valence electrons. The van der Waals surface area contributed by atoms with Crippen molar-refractivity contribution in [2.45, 2.75) is 44.0 Å². The van der Waals surface area contributed by atoms with Gasteiger partial charge in [-0.05, 0) is 42.7 Å². The van der Waals surface area contributed by atoms with Crippen LogP contribution in [-0.4, -0.2) is 96.1 Å². The van der Waals surface area contributed by atoms with Gasteiger partial charge in [-0.1, -0.05) is 28.9 Å². The van der Waals surface area contributed by atoms with E-state index in [0.29, 0.717) is 28.6 Å². The first kappa shape index (κ1) is 31.3. The Morgan fingerprint density at radius 3 is 2.84 bits per heavy atom. The van der Waals surface area contributed by atoms with Gasteiger partial charge in [-0.3, -0.25) is 4.52 Å². The Hall–Kier alpha value is -2.71. The third kappa shape index (κ3) is 5.73. The van der Waals surface area contributed by atoms with Crippen LogP contribution in [0.25, 0.3) is 27.0 Å². The van der Waals surface area contributed by atoms with Gasteiger partial charge in [-0.15, -0.1) is 5.10 Å². The Kier molecular flexibility index (Phi) is 9.21. The number of rotatable bonds is 12. The molecule has 1 aliphatic carbocycles. The molecule has 2 fully saturated rings. The highest BCUT2D eigenvalue weighted by Crippen LogP contribution is 2.56. The quantitative estimate of drug-likeness (QED) is 0.0987. The van der Waals surface area contributed by atoms with Crippen molar-refractivity contribution in [3.63, 3.8) is 0 Å². The van der Waals surface area contributed by atoms with Crippen LogP contribution in [0.5, 0.6) is 0 Å². The summed E-state index contributed by atoms with van der Waals surface area (Å²) in [5, 5.41) is 28.7. The fraction of sp³-hybridized carbons (Fsp3) is 0.538. The molecule has 0 radical (unpaired) electrons. The third-order valence-electron chi connectivity index (χ3n) is 8.07. The van der Waals surface area contributed by atoms with Crippen LogP contribution in [0.3, 0.4) is 0 Å². The van der Waals surface area contributed by atoms with E-state index in [1.807, 2.05) is 23.6 Å². The number of hydrogen-bond donors (Lipinski definition) is 2. The number of aromatic nitrogens is 7. The Balaban J connectivity index is 1.21. The predicted octanol–water partition coefficient (Wildman–Crippen LogP) is 3.19. The minimum Gasteiger partial charge on any atom is -0.396 e. The minimum absolute atomic E-state index is 0.0100. The zero-order chi connectivity index (χ0) is 31.0. The molecule has 0 bridgehead atoms. The number of aliphatic hydroxyl groups excluding tert-OH is 2. The van der Waals surface area contributed by atoms with Gasteiger partial charge in [0, 0.05) is 18.6 Å². The molecule has 0 spiro atoms. The molecule has 2 N–H and O–H groups in total. The van der Waals surface area contributed by atoms with E-state index in [1.165, 1.54) is 11.0 Å². The maximum Gasteiger partial charge on any atom is 0.327 e. The molecule has 44 heavy (non-hydrogen) atoms. The Labute approximate surface area is 261 Å². The number of fused-ring (bicyclic) bond motifs is 2. The zero-order valence-corrected chi connectivity index (χ0v) is 25.9. The number of aliphatic hydroxyl groups is 2. The molecule has 2 aliphatic rings. The van der Waals surface area contributed by atoms with E-state index in [1.54, 1.807) is 12.4 Å².